The van der Waals surface area contributed by atoms with E-state index in [-0.39, 0.29) is 11.8 Å². The van der Waals surface area contributed by atoms with Gasteiger partial charge in [-0.3, -0.25) is 4.79 Å². The topological polar surface area (TPSA) is 88.3 Å². The molecule has 0 aliphatic rings. The highest BCUT2D eigenvalue weighted by atomic mass is 16.5. The van der Waals surface area contributed by atoms with Gasteiger partial charge in [-0.25, -0.2) is 0 Å². The molecule has 0 fully saturated rings. The molecule has 1 rings (SSSR count). The summed E-state index contributed by atoms with van der Waals surface area (Å²) < 4.78 is 4.74. The Labute approximate surface area is 82.3 Å². The number of nitrogens with zero attached hydrogens (tertiary/aromatic N) is 2. The van der Waals surface area contributed by atoms with Gasteiger partial charge in [-0.1, -0.05) is 5.16 Å². The van der Waals surface area contributed by atoms with E-state index in [2.05, 4.69) is 15.5 Å². The third-order valence-electron chi connectivity index (χ3n) is 1.57. The molecular formula is C8H15N3O3. The maximum Gasteiger partial charge on any atom is 0.230 e. The number of carbonyl (C=O) groups excluding carboxylic acids is 1. The molecule has 2 N–H and O–H groups in total. The number of aryl methyl sites for hydroxylation is 1. The van der Waals surface area contributed by atoms with E-state index in [0.29, 0.717) is 11.7 Å². The quantitative estimate of drug-likeness (QED) is 0.693. The molecule has 6 heteroatoms. The average Bonchev–Trinajstić information content (AvgIpc) is 2.65. The first-order valence-electron chi connectivity index (χ1n) is 4.11. The number of aliphatic hydroxyl groups is 1. The Kier molecular flexibility index (Phi) is 5.47. The van der Waals surface area contributed by atoms with Crippen molar-refractivity contribution in [1.82, 2.24) is 15.5 Å². The Morgan fingerprint density at radius 2 is 2.14 bits per heavy atom. The SMILES string of the molecule is CNC(=O)C(C)c1noc(C)n1.CO. The minimum absolute atomic E-state index is 0.115. The van der Waals surface area contributed by atoms with Crippen LogP contribution in [0, 0.1) is 6.92 Å². The van der Waals surface area contributed by atoms with E-state index < -0.39 is 0 Å². The fraction of sp³-hybridized carbons (Fsp3) is 0.625. The number of amides is 1. The zero-order valence-electron chi connectivity index (χ0n) is 8.74. The average molecular weight is 201 g/mol. The molecule has 1 amide bonds. The number of aliphatic hydroxyl groups excluding tert-OH is 1. The van der Waals surface area contributed by atoms with E-state index in [9.17, 15) is 4.79 Å². The van der Waals surface area contributed by atoms with Gasteiger partial charge in [0.1, 0.15) is 0 Å². The Balaban J connectivity index is 0.000000791. The molecule has 14 heavy (non-hydrogen) atoms. The van der Waals surface area contributed by atoms with Gasteiger partial charge in [0.05, 0.1) is 5.92 Å². The molecule has 0 aliphatic heterocycles. The second-order valence-electron chi connectivity index (χ2n) is 2.51. The van der Waals surface area contributed by atoms with Crippen LogP contribution < -0.4 is 5.32 Å². The summed E-state index contributed by atoms with van der Waals surface area (Å²) in [6.45, 7) is 3.41. The van der Waals surface area contributed by atoms with Gasteiger partial charge in [0.2, 0.25) is 11.8 Å². The summed E-state index contributed by atoms with van der Waals surface area (Å²) in [4.78, 5) is 15.0. The summed E-state index contributed by atoms with van der Waals surface area (Å²) in [5.41, 5.74) is 0. The van der Waals surface area contributed by atoms with Crippen molar-refractivity contribution >= 4 is 5.91 Å². The standard InChI is InChI=1S/C7H11N3O2.CH4O/c1-4(7(11)8-3)6-9-5(2)12-10-6;1-2/h4H,1-3H3,(H,8,11);2H,1H3. The number of hydrogen-bond donors (Lipinski definition) is 2. The molecule has 80 valence electrons. The van der Waals surface area contributed by atoms with E-state index in [0.717, 1.165) is 7.11 Å². The first-order chi connectivity index (χ1) is 6.65. The number of nitrogens with one attached hydrogen (secondary N) is 1. The van der Waals surface area contributed by atoms with Gasteiger partial charge >= 0.3 is 0 Å². The van der Waals surface area contributed by atoms with Crippen LogP contribution in [0.1, 0.15) is 24.6 Å². The summed E-state index contributed by atoms with van der Waals surface area (Å²) in [5.74, 6) is 0.427. The lowest BCUT2D eigenvalue weighted by Gasteiger charge is -2.02. The molecule has 0 saturated heterocycles. The molecule has 1 aromatic heterocycles. The number of likely N-dealkylation sites (N-methyl/N-ethyl adjacent to an activating group) is 1. The Hall–Kier alpha value is -1.43. The second kappa shape index (κ2) is 6.09. The van der Waals surface area contributed by atoms with Crippen LogP contribution in [0.2, 0.25) is 0 Å². The van der Waals surface area contributed by atoms with E-state index in [1.165, 1.54) is 0 Å². The van der Waals surface area contributed by atoms with Crippen LogP contribution >= 0.6 is 0 Å². The minimum Gasteiger partial charge on any atom is -0.400 e. The van der Waals surface area contributed by atoms with Crippen molar-refractivity contribution in [3.05, 3.63) is 11.7 Å². The highest BCUT2D eigenvalue weighted by molar-refractivity contribution is 5.81. The van der Waals surface area contributed by atoms with E-state index in [4.69, 9.17) is 9.63 Å². The molecule has 0 aromatic carbocycles. The Morgan fingerprint density at radius 1 is 1.57 bits per heavy atom. The van der Waals surface area contributed by atoms with Crippen molar-refractivity contribution in [2.24, 2.45) is 0 Å². The van der Waals surface area contributed by atoms with Crippen molar-refractivity contribution in [3.8, 4) is 0 Å². The van der Waals surface area contributed by atoms with Crippen LogP contribution in [0.3, 0.4) is 0 Å². The predicted molar refractivity (Wildman–Crippen MR) is 49.7 cm³/mol. The molecule has 0 radical (unpaired) electrons. The molecular weight excluding hydrogens is 186 g/mol. The normalized spacial score (nSPS) is 11.2. The fourth-order valence-electron chi connectivity index (χ4n) is 0.825. The molecule has 1 heterocycles. The lowest BCUT2D eigenvalue weighted by molar-refractivity contribution is -0.121. The lowest BCUT2D eigenvalue weighted by Crippen LogP contribution is -2.24. The highest BCUT2D eigenvalue weighted by Gasteiger charge is 2.18. The van der Waals surface area contributed by atoms with Crippen LogP contribution in [0.25, 0.3) is 0 Å². The molecule has 0 spiro atoms. The summed E-state index contributed by atoms with van der Waals surface area (Å²) in [6.07, 6.45) is 0. The van der Waals surface area contributed by atoms with E-state index >= 15 is 0 Å². The molecule has 0 aliphatic carbocycles. The minimum atomic E-state index is -0.354. The third-order valence-corrected chi connectivity index (χ3v) is 1.57. The van der Waals surface area contributed by atoms with E-state index in [1.807, 2.05) is 0 Å². The highest BCUT2D eigenvalue weighted by Crippen LogP contribution is 2.10. The largest absolute Gasteiger partial charge is 0.400 e. The van der Waals surface area contributed by atoms with Crippen LogP contribution in [0.4, 0.5) is 0 Å². The first-order valence-corrected chi connectivity index (χ1v) is 4.11. The van der Waals surface area contributed by atoms with Crippen LogP contribution in [-0.4, -0.2) is 35.3 Å². The molecule has 1 unspecified atom stereocenters. The van der Waals surface area contributed by atoms with Crippen molar-refractivity contribution in [2.45, 2.75) is 19.8 Å². The van der Waals surface area contributed by atoms with Crippen molar-refractivity contribution < 1.29 is 14.4 Å². The summed E-state index contributed by atoms with van der Waals surface area (Å²) >= 11 is 0. The molecule has 0 bridgehead atoms. The van der Waals surface area contributed by atoms with Gasteiger partial charge in [-0.2, -0.15) is 4.98 Å². The van der Waals surface area contributed by atoms with Crippen molar-refractivity contribution in [1.29, 1.82) is 0 Å². The number of aromatic nitrogens is 2. The van der Waals surface area contributed by atoms with Gasteiger partial charge in [0, 0.05) is 21.1 Å². The van der Waals surface area contributed by atoms with Gasteiger partial charge in [-0.05, 0) is 6.92 Å². The molecule has 0 saturated carbocycles. The van der Waals surface area contributed by atoms with Crippen LogP contribution in [0.5, 0.6) is 0 Å². The van der Waals surface area contributed by atoms with Gasteiger partial charge < -0.3 is 14.9 Å². The number of hydrogen-bond acceptors (Lipinski definition) is 5. The second-order valence-corrected chi connectivity index (χ2v) is 2.51. The Morgan fingerprint density at radius 3 is 2.50 bits per heavy atom. The first kappa shape index (κ1) is 12.6. The van der Waals surface area contributed by atoms with Gasteiger partial charge in [0.15, 0.2) is 5.82 Å². The zero-order valence-corrected chi connectivity index (χ0v) is 8.74. The molecule has 1 atom stereocenters. The lowest BCUT2D eigenvalue weighted by atomic mass is 10.1. The van der Waals surface area contributed by atoms with Crippen LogP contribution in [-0.2, 0) is 4.79 Å². The van der Waals surface area contributed by atoms with Crippen molar-refractivity contribution in [3.63, 3.8) is 0 Å². The Bertz CT molecular complexity index is 285. The van der Waals surface area contributed by atoms with E-state index in [1.54, 1.807) is 20.9 Å². The summed E-state index contributed by atoms with van der Waals surface area (Å²) in [5, 5.41) is 13.1. The monoisotopic (exact) mass is 201 g/mol. The zero-order chi connectivity index (χ0) is 11.1. The third kappa shape index (κ3) is 3.14. The molecule has 1 aromatic rings. The smallest absolute Gasteiger partial charge is 0.230 e. The predicted octanol–water partition coefficient (Wildman–Crippen LogP) is -0.164. The fourth-order valence-corrected chi connectivity index (χ4v) is 0.825. The summed E-state index contributed by atoms with van der Waals surface area (Å²) in [6, 6.07) is 0. The number of rotatable bonds is 2. The van der Waals surface area contributed by atoms with Crippen LogP contribution in [0.15, 0.2) is 4.52 Å². The van der Waals surface area contributed by atoms with Gasteiger partial charge in [-0.15, -0.1) is 0 Å². The van der Waals surface area contributed by atoms with Crippen molar-refractivity contribution in [2.75, 3.05) is 14.2 Å². The number of carbonyl (C=O) groups is 1. The summed E-state index contributed by atoms with van der Waals surface area (Å²) in [7, 11) is 2.58. The maximum atomic E-state index is 11.1. The van der Waals surface area contributed by atoms with Gasteiger partial charge in [0.25, 0.3) is 0 Å². The maximum absolute atomic E-state index is 11.1. The molecule has 6 nitrogen and oxygen atoms in total.